The summed E-state index contributed by atoms with van der Waals surface area (Å²) in [4.78, 5) is 30.6. The minimum atomic E-state index is -0.964. The van der Waals surface area contributed by atoms with E-state index >= 15 is 0 Å². The number of allylic oxidation sites excluding steroid dienone is 1. The molecule has 0 atom stereocenters. The molecule has 126 valence electrons. The van der Waals surface area contributed by atoms with Crippen LogP contribution >= 0.6 is 22.9 Å². The Labute approximate surface area is 148 Å². The van der Waals surface area contributed by atoms with Crippen molar-refractivity contribution in [2.24, 2.45) is 0 Å². The Morgan fingerprint density at radius 3 is 2.50 bits per heavy atom. The summed E-state index contributed by atoms with van der Waals surface area (Å²) in [5.74, 6) is -0.315. The third-order valence-electron chi connectivity index (χ3n) is 4.33. The second-order valence-electron chi connectivity index (χ2n) is 5.94. The van der Waals surface area contributed by atoms with Crippen molar-refractivity contribution < 1.29 is 14.7 Å². The zero-order chi connectivity index (χ0) is 17.4. The van der Waals surface area contributed by atoms with Crippen LogP contribution in [0.15, 0.2) is 11.1 Å². The van der Waals surface area contributed by atoms with Crippen molar-refractivity contribution in [3.05, 3.63) is 32.3 Å². The normalized spacial score (nSPS) is 14.5. The predicted octanol–water partition coefficient (Wildman–Crippen LogP) is 3.87. The first-order chi connectivity index (χ1) is 11.4. The first-order valence-corrected chi connectivity index (χ1v) is 9.35. The summed E-state index contributed by atoms with van der Waals surface area (Å²) in [6.07, 6.45) is 2.03. The Morgan fingerprint density at radius 1 is 1.17 bits per heavy atom. The van der Waals surface area contributed by atoms with E-state index in [4.69, 9.17) is 0 Å². The maximum atomic E-state index is 12.7. The van der Waals surface area contributed by atoms with Crippen LogP contribution in [0.4, 0.5) is 0 Å². The van der Waals surface area contributed by atoms with E-state index in [-0.39, 0.29) is 12.2 Å². The number of carboxylic acid groups (broad SMARTS) is 1. The fourth-order valence-corrected chi connectivity index (χ4v) is 5.08. The fourth-order valence-electron chi connectivity index (χ4n) is 3.04. The second-order valence-corrected chi connectivity index (χ2v) is 8.01. The number of carboxylic acids is 1. The van der Waals surface area contributed by atoms with Crippen LogP contribution in [0.5, 0.6) is 0 Å². The monoisotopic (exact) mass is 362 g/mol. The predicted molar refractivity (Wildman–Crippen MR) is 94.7 cm³/mol. The van der Waals surface area contributed by atoms with Crippen LogP contribution in [0.2, 0.25) is 0 Å². The van der Waals surface area contributed by atoms with Gasteiger partial charge in [-0.3, -0.25) is 4.79 Å². The molecule has 0 aromatic carbocycles. The van der Waals surface area contributed by atoms with Crippen molar-refractivity contribution in [3.63, 3.8) is 0 Å². The van der Waals surface area contributed by atoms with Gasteiger partial charge in [-0.2, -0.15) is 4.37 Å². The highest BCUT2D eigenvalue weighted by Gasteiger charge is 2.27. The minimum absolute atomic E-state index is 0.0753. The number of carbonyl (C=O) groups is 2. The van der Waals surface area contributed by atoms with Crippen molar-refractivity contribution in [3.8, 4) is 10.6 Å². The highest BCUT2D eigenvalue weighted by molar-refractivity contribution is 7.14. The second kappa shape index (κ2) is 6.57. The maximum Gasteiger partial charge on any atom is 0.331 e. The number of ketones is 1. The van der Waals surface area contributed by atoms with Crippen LogP contribution < -0.4 is 0 Å². The van der Waals surface area contributed by atoms with Gasteiger partial charge in [0.2, 0.25) is 0 Å². The Kier molecular flexibility index (Phi) is 4.64. The molecular weight excluding hydrogens is 344 g/mol. The molecule has 0 spiro atoms. The molecule has 3 rings (SSSR count). The lowest BCUT2D eigenvalue weighted by Gasteiger charge is -2.05. The quantitative estimate of drug-likeness (QED) is 0.873. The van der Waals surface area contributed by atoms with Crippen molar-refractivity contribution in [2.45, 2.75) is 46.5 Å². The molecule has 5 nitrogen and oxygen atoms in total. The van der Waals surface area contributed by atoms with E-state index in [1.165, 1.54) is 11.5 Å². The molecule has 24 heavy (non-hydrogen) atoms. The number of Topliss-reactive ketones (excluding diaryl/α,β-unsaturated/α-hetero) is 1. The average Bonchev–Trinajstić information content (AvgIpc) is 3.20. The Balaban J connectivity index is 1.96. The van der Waals surface area contributed by atoms with Gasteiger partial charge in [-0.05, 0) is 57.1 Å². The van der Waals surface area contributed by atoms with Crippen molar-refractivity contribution in [1.29, 1.82) is 0 Å². The van der Waals surface area contributed by atoms with Crippen LogP contribution in [-0.2, 0) is 16.0 Å². The Hall–Kier alpha value is -1.86. The zero-order valence-corrected chi connectivity index (χ0v) is 15.4. The zero-order valence-electron chi connectivity index (χ0n) is 13.8. The molecule has 1 aliphatic rings. The topological polar surface area (TPSA) is 80.2 Å². The van der Waals surface area contributed by atoms with Gasteiger partial charge >= 0.3 is 5.97 Å². The standard InChI is InChI=1S/C17H18N2O3S2/c1-8-9(2)23-14(15(8)16-18-10(3)19-24-16)7-13(20)11-5-4-6-12(11)17(21)22/h4-7H2,1-3H3,(H,21,22). The van der Waals surface area contributed by atoms with Gasteiger partial charge in [-0.1, -0.05) is 0 Å². The van der Waals surface area contributed by atoms with Gasteiger partial charge in [0.1, 0.15) is 10.8 Å². The Morgan fingerprint density at radius 2 is 1.88 bits per heavy atom. The highest BCUT2D eigenvalue weighted by atomic mass is 32.1. The fraction of sp³-hybridized carbons (Fsp3) is 0.412. The van der Waals surface area contributed by atoms with Crippen LogP contribution in [0.25, 0.3) is 10.6 Å². The summed E-state index contributed by atoms with van der Waals surface area (Å²) in [5.41, 5.74) is 2.90. The van der Waals surface area contributed by atoms with E-state index in [9.17, 15) is 14.7 Å². The molecule has 0 bridgehead atoms. The van der Waals surface area contributed by atoms with Gasteiger partial charge in [0.25, 0.3) is 0 Å². The molecule has 0 unspecified atom stereocenters. The highest BCUT2D eigenvalue weighted by Crippen LogP contribution is 2.38. The molecule has 2 heterocycles. The number of aromatic nitrogens is 2. The summed E-state index contributed by atoms with van der Waals surface area (Å²) in [6.45, 7) is 5.91. The van der Waals surface area contributed by atoms with Crippen molar-refractivity contribution in [1.82, 2.24) is 9.36 Å². The summed E-state index contributed by atoms with van der Waals surface area (Å²) in [6, 6.07) is 0. The largest absolute Gasteiger partial charge is 0.478 e. The summed E-state index contributed by atoms with van der Waals surface area (Å²) in [7, 11) is 0. The van der Waals surface area contributed by atoms with E-state index in [0.717, 1.165) is 38.1 Å². The van der Waals surface area contributed by atoms with Gasteiger partial charge in [-0.15, -0.1) is 11.3 Å². The molecule has 1 aliphatic carbocycles. The molecule has 7 heteroatoms. The number of carbonyl (C=O) groups excluding carboxylic acids is 1. The molecule has 0 aliphatic heterocycles. The van der Waals surface area contributed by atoms with Crippen LogP contribution in [0.3, 0.4) is 0 Å². The Bertz CT molecular complexity index is 861. The van der Waals surface area contributed by atoms with Crippen molar-refractivity contribution in [2.75, 3.05) is 0 Å². The van der Waals surface area contributed by atoms with E-state index < -0.39 is 5.97 Å². The third-order valence-corrected chi connectivity index (χ3v) is 6.36. The average molecular weight is 362 g/mol. The van der Waals surface area contributed by atoms with Crippen LogP contribution in [-0.4, -0.2) is 26.2 Å². The summed E-state index contributed by atoms with van der Waals surface area (Å²) >= 11 is 2.93. The number of thiophene rings is 1. The van der Waals surface area contributed by atoms with E-state index in [0.29, 0.717) is 24.0 Å². The van der Waals surface area contributed by atoms with Gasteiger partial charge in [0.05, 0.1) is 0 Å². The number of hydrogen-bond donors (Lipinski definition) is 1. The number of hydrogen-bond acceptors (Lipinski definition) is 6. The third kappa shape index (κ3) is 3.06. The first kappa shape index (κ1) is 17.0. The van der Waals surface area contributed by atoms with Crippen molar-refractivity contribution >= 4 is 34.6 Å². The maximum absolute atomic E-state index is 12.7. The molecule has 0 fully saturated rings. The smallest absolute Gasteiger partial charge is 0.331 e. The first-order valence-electron chi connectivity index (χ1n) is 7.76. The molecule has 0 radical (unpaired) electrons. The lowest BCUT2D eigenvalue weighted by atomic mass is 10.0. The molecule has 0 amide bonds. The van der Waals surface area contributed by atoms with Gasteiger partial charge in [-0.25, -0.2) is 9.78 Å². The number of rotatable bonds is 5. The molecule has 2 aromatic heterocycles. The van der Waals surface area contributed by atoms with E-state index in [2.05, 4.69) is 9.36 Å². The molecular formula is C17H18N2O3S2. The van der Waals surface area contributed by atoms with E-state index in [1.54, 1.807) is 11.3 Å². The molecule has 0 saturated heterocycles. The van der Waals surface area contributed by atoms with Crippen LogP contribution in [0.1, 0.15) is 40.4 Å². The van der Waals surface area contributed by atoms with Gasteiger partial charge in [0.15, 0.2) is 5.78 Å². The molecule has 2 aromatic rings. The lowest BCUT2D eigenvalue weighted by Crippen LogP contribution is -2.10. The van der Waals surface area contributed by atoms with Gasteiger partial charge < -0.3 is 5.11 Å². The summed E-state index contributed by atoms with van der Waals surface area (Å²) < 4.78 is 4.24. The lowest BCUT2D eigenvalue weighted by molar-refractivity contribution is -0.133. The number of aliphatic carboxylic acids is 1. The van der Waals surface area contributed by atoms with Crippen LogP contribution in [0, 0.1) is 20.8 Å². The van der Waals surface area contributed by atoms with E-state index in [1.807, 2.05) is 20.8 Å². The number of aryl methyl sites for hydroxylation is 2. The molecule has 1 N–H and O–H groups in total. The molecule has 0 saturated carbocycles. The summed E-state index contributed by atoms with van der Waals surface area (Å²) in [5, 5.41) is 10.1. The number of nitrogens with zero attached hydrogens (tertiary/aromatic N) is 2. The van der Waals surface area contributed by atoms with Gasteiger partial charge in [0, 0.05) is 32.9 Å². The minimum Gasteiger partial charge on any atom is -0.478 e. The SMILES string of the molecule is Cc1nsc(-c2c(CC(=O)C3=C(C(=O)O)CCC3)sc(C)c2C)n1.